The number of carbonyl (C=O) groups is 1. The number of esters is 1. The van der Waals surface area contributed by atoms with E-state index in [-0.39, 0.29) is 40.7 Å². The third-order valence-electron chi connectivity index (χ3n) is 7.69. The number of nitrogens with one attached hydrogen (secondary N) is 1. The standard InChI is InChI=1S/C22H28FNO3/c1-21-7-2-8-22(13-26-22)19(21)9-16-17(20(25)27-18(16)10-21)12-24-11-14-3-5-15(23)6-4-14/h3-6,16-19,24H,2,7-13H2,1H3/t16-,17-,18-,19-,21-,22+/m1/s1. The SMILES string of the molecule is C[C@]12CCC[C@]3(CO3)[C@@H]1C[C@H]1[C@@H](C2)OC(=O)[C@@H]1CNCc1ccc(F)cc1. The van der Waals surface area contributed by atoms with Gasteiger partial charge in [-0.1, -0.05) is 19.1 Å². The Morgan fingerprint density at radius 2 is 2.04 bits per heavy atom. The summed E-state index contributed by atoms with van der Waals surface area (Å²) < 4.78 is 24.8. The van der Waals surface area contributed by atoms with Gasteiger partial charge in [0, 0.05) is 19.0 Å². The highest BCUT2D eigenvalue weighted by molar-refractivity contribution is 5.75. The van der Waals surface area contributed by atoms with E-state index in [1.807, 2.05) is 0 Å². The zero-order chi connectivity index (χ0) is 18.6. The fourth-order valence-corrected chi connectivity index (χ4v) is 6.16. The van der Waals surface area contributed by atoms with Crippen LogP contribution in [0.15, 0.2) is 24.3 Å². The van der Waals surface area contributed by atoms with Gasteiger partial charge in [-0.3, -0.25) is 4.79 Å². The quantitative estimate of drug-likeness (QED) is 0.649. The van der Waals surface area contributed by atoms with Crippen molar-refractivity contribution in [2.24, 2.45) is 23.2 Å². The minimum absolute atomic E-state index is 0.0513. The van der Waals surface area contributed by atoms with Gasteiger partial charge in [0.05, 0.1) is 18.1 Å². The van der Waals surface area contributed by atoms with Crippen molar-refractivity contribution < 1.29 is 18.7 Å². The van der Waals surface area contributed by atoms with E-state index in [9.17, 15) is 9.18 Å². The first-order chi connectivity index (χ1) is 13.0. The fraction of sp³-hybridized carbons (Fsp3) is 0.682. The number of hydrogen-bond acceptors (Lipinski definition) is 4. The molecular weight excluding hydrogens is 345 g/mol. The van der Waals surface area contributed by atoms with Gasteiger partial charge in [0.1, 0.15) is 11.9 Å². The molecule has 1 spiro atoms. The molecule has 146 valence electrons. The molecule has 1 aromatic rings. The highest BCUT2D eigenvalue weighted by Gasteiger charge is 2.64. The lowest BCUT2D eigenvalue weighted by Gasteiger charge is -2.51. The molecule has 5 heteroatoms. The van der Waals surface area contributed by atoms with Gasteiger partial charge >= 0.3 is 5.97 Å². The van der Waals surface area contributed by atoms with Crippen molar-refractivity contribution in [3.05, 3.63) is 35.6 Å². The summed E-state index contributed by atoms with van der Waals surface area (Å²) in [4.78, 5) is 12.6. The van der Waals surface area contributed by atoms with Crippen molar-refractivity contribution in [1.29, 1.82) is 0 Å². The van der Waals surface area contributed by atoms with E-state index in [4.69, 9.17) is 9.47 Å². The number of halogens is 1. The van der Waals surface area contributed by atoms with E-state index in [1.54, 1.807) is 12.1 Å². The maximum atomic E-state index is 13.0. The molecule has 1 N–H and O–H groups in total. The minimum atomic E-state index is -0.227. The van der Waals surface area contributed by atoms with E-state index >= 15 is 0 Å². The highest BCUT2D eigenvalue weighted by atomic mass is 19.1. The van der Waals surface area contributed by atoms with Gasteiger partial charge in [-0.05, 0) is 61.1 Å². The van der Waals surface area contributed by atoms with Gasteiger partial charge in [-0.2, -0.15) is 0 Å². The molecule has 1 aromatic carbocycles. The molecular formula is C22H28FNO3. The molecule has 4 nitrogen and oxygen atoms in total. The first-order valence-corrected chi connectivity index (χ1v) is 10.3. The number of epoxide rings is 1. The minimum Gasteiger partial charge on any atom is -0.462 e. The number of ether oxygens (including phenoxy) is 2. The van der Waals surface area contributed by atoms with Crippen molar-refractivity contribution in [2.45, 2.75) is 57.3 Å². The van der Waals surface area contributed by atoms with Crippen LogP contribution in [0, 0.1) is 29.0 Å². The molecule has 0 radical (unpaired) electrons. The molecule has 27 heavy (non-hydrogen) atoms. The summed E-state index contributed by atoms with van der Waals surface area (Å²) in [5, 5.41) is 3.39. The van der Waals surface area contributed by atoms with Crippen LogP contribution in [0.25, 0.3) is 0 Å². The maximum absolute atomic E-state index is 13.0. The Morgan fingerprint density at radius 3 is 2.78 bits per heavy atom. The predicted octanol–water partition coefficient (Wildman–Crippen LogP) is 3.44. The number of hydrogen-bond donors (Lipinski definition) is 1. The molecule has 5 rings (SSSR count). The second-order valence-corrected chi connectivity index (χ2v) is 9.36. The summed E-state index contributed by atoms with van der Waals surface area (Å²) in [6.45, 7) is 4.53. The monoisotopic (exact) mass is 373 g/mol. The van der Waals surface area contributed by atoms with Crippen molar-refractivity contribution in [1.82, 2.24) is 5.32 Å². The van der Waals surface area contributed by atoms with E-state index in [0.717, 1.165) is 25.0 Å². The predicted molar refractivity (Wildman–Crippen MR) is 98.3 cm³/mol. The van der Waals surface area contributed by atoms with Gasteiger partial charge in [0.2, 0.25) is 0 Å². The lowest BCUT2D eigenvalue weighted by atomic mass is 9.53. The van der Waals surface area contributed by atoms with Gasteiger partial charge < -0.3 is 14.8 Å². The molecule has 4 aliphatic rings. The Labute approximate surface area is 159 Å². The topological polar surface area (TPSA) is 50.9 Å². The van der Waals surface area contributed by atoms with Crippen LogP contribution in [0.5, 0.6) is 0 Å². The van der Waals surface area contributed by atoms with Crippen LogP contribution >= 0.6 is 0 Å². The van der Waals surface area contributed by atoms with E-state index < -0.39 is 0 Å². The number of carbonyl (C=O) groups excluding carboxylic acids is 1. The summed E-state index contributed by atoms with van der Waals surface area (Å²) >= 11 is 0. The zero-order valence-electron chi connectivity index (χ0n) is 15.9. The second kappa shape index (κ2) is 6.28. The summed E-state index contributed by atoms with van der Waals surface area (Å²) in [7, 11) is 0. The van der Waals surface area contributed by atoms with Crippen LogP contribution in [0.2, 0.25) is 0 Å². The fourth-order valence-electron chi connectivity index (χ4n) is 6.16. The van der Waals surface area contributed by atoms with E-state index in [2.05, 4.69) is 12.2 Å². The molecule has 0 bridgehead atoms. The van der Waals surface area contributed by atoms with Crippen LogP contribution < -0.4 is 5.32 Å². The van der Waals surface area contributed by atoms with Crippen molar-refractivity contribution >= 4 is 5.97 Å². The number of rotatable bonds is 4. The van der Waals surface area contributed by atoms with Gasteiger partial charge in [-0.25, -0.2) is 4.39 Å². The molecule has 6 atom stereocenters. The third kappa shape index (κ3) is 2.99. The van der Waals surface area contributed by atoms with Gasteiger partial charge in [0.25, 0.3) is 0 Å². The maximum Gasteiger partial charge on any atom is 0.310 e. The summed E-state index contributed by atoms with van der Waals surface area (Å²) in [5.41, 5.74) is 1.36. The molecule has 2 aliphatic carbocycles. The van der Waals surface area contributed by atoms with E-state index in [0.29, 0.717) is 19.0 Å². The van der Waals surface area contributed by atoms with Crippen molar-refractivity contribution in [3.63, 3.8) is 0 Å². The third-order valence-corrected chi connectivity index (χ3v) is 7.69. The smallest absolute Gasteiger partial charge is 0.310 e. The largest absolute Gasteiger partial charge is 0.462 e. The molecule has 0 unspecified atom stereocenters. The summed E-state index contributed by atoms with van der Waals surface area (Å²) in [6, 6.07) is 6.49. The van der Waals surface area contributed by atoms with Gasteiger partial charge in [-0.15, -0.1) is 0 Å². The number of fused-ring (bicyclic) bond motifs is 3. The van der Waals surface area contributed by atoms with E-state index in [1.165, 1.54) is 31.4 Å². The molecule has 0 amide bonds. The molecule has 2 aliphatic heterocycles. The Morgan fingerprint density at radius 1 is 1.26 bits per heavy atom. The Kier molecular flexibility index (Phi) is 4.10. The Balaban J connectivity index is 1.26. The highest BCUT2D eigenvalue weighted by Crippen LogP contribution is 2.62. The Hall–Kier alpha value is -1.46. The molecule has 0 aromatic heterocycles. The Bertz CT molecular complexity index is 732. The van der Waals surface area contributed by atoms with Crippen molar-refractivity contribution in [2.75, 3.05) is 13.2 Å². The van der Waals surface area contributed by atoms with Crippen LogP contribution in [0.3, 0.4) is 0 Å². The lowest BCUT2D eigenvalue weighted by Crippen LogP contribution is -2.51. The number of benzene rings is 1. The second-order valence-electron chi connectivity index (χ2n) is 9.36. The molecule has 2 saturated heterocycles. The van der Waals surface area contributed by atoms with Crippen LogP contribution in [0.1, 0.15) is 44.6 Å². The first-order valence-electron chi connectivity index (χ1n) is 10.3. The van der Waals surface area contributed by atoms with Crippen LogP contribution in [-0.2, 0) is 20.8 Å². The average molecular weight is 373 g/mol. The summed E-state index contributed by atoms with van der Waals surface area (Å²) in [5.74, 6) is 0.474. The molecule has 2 saturated carbocycles. The molecule has 4 fully saturated rings. The molecule has 2 heterocycles. The lowest BCUT2D eigenvalue weighted by molar-refractivity contribution is -0.147. The van der Waals surface area contributed by atoms with Gasteiger partial charge in [0.15, 0.2) is 0 Å². The first kappa shape index (κ1) is 17.6. The summed E-state index contributed by atoms with van der Waals surface area (Å²) in [6.07, 6.45) is 5.69. The van der Waals surface area contributed by atoms with Crippen molar-refractivity contribution in [3.8, 4) is 0 Å². The normalized spacial score (nSPS) is 42.5. The average Bonchev–Trinajstić information content (AvgIpc) is 3.33. The van der Waals surface area contributed by atoms with Crippen LogP contribution in [-0.4, -0.2) is 30.8 Å². The zero-order valence-corrected chi connectivity index (χ0v) is 15.9. The van der Waals surface area contributed by atoms with Crippen LogP contribution in [0.4, 0.5) is 4.39 Å².